The summed E-state index contributed by atoms with van der Waals surface area (Å²) in [6.45, 7) is 0.253. The predicted molar refractivity (Wildman–Crippen MR) is 63.2 cm³/mol. The molecule has 0 radical (unpaired) electrons. The second-order valence-corrected chi connectivity index (χ2v) is 4.36. The van der Waals surface area contributed by atoms with Crippen LogP contribution in [0.5, 0.6) is 0 Å². The van der Waals surface area contributed by atoms with Gasteiger partial charge in [-0.2, -0.15) is 0 Å². The molecule has 0 amide bonds. The summed E-state index contributed by atoms with van der Waals surface area (Å²) in [6, 6.07) is 9.51. The predicted octanol–water partition coefficient (Wildman–Crippen LogP) is 2.49. The van der Waals surface area contributed by atoms with Gasteiger partial charge in [0.2, 0.25) is 0 Å². The normalized spacial score (nSPS) is 20.0. The van der Waals surface area contributed by atoms with Crippen LogP contribution < -0.4 is 0 Å². The van der Waals surface area contributed by atoms with E-state index in [2.05, 4.69) is 0 Å². The molecule has 0 aliphatic heterocycles. The third kappa shape index (κ3) is 3.16. The van der Waals surface area contributed by atoms with Gasteiger partial charge in [0.05, 0.1) is 0 Å². The number of ether oxygens (including phenoxy) is 1. The first-order chi connectivity index (χ1) is 8.27. The molecule has 1 aliphatic rings. The maximum absolute atomic E-state index is 11.7. The topological polar surface area (TPSA) is 43.4 Å². The van der Waals surface area contributed by atoms with Gasteiger partial charge < -0.3 is 4.74 Å². The van der Waals surface area contributed by atoms with Crippen molar-refractivity contribution in [1.29, 1.82) is 0 Å². The van der Waals surface area contributed by atoms with Crippen molar-refractivity contribution < 1.29 is 14.3 Å². The quantitative estimate of drug-likeness (QED) is 0.594. The smallest absolute Gasteiger partial charge is 0.316 e. The minimum Gasteiger partial charge on any atom is -0.460 e. The molecule has 0 aromatic heterocycles. The highest BCUT2D eigenvalue weighted by molar-refractivity contribution is 5.99. The fourth-order valence-corrected chi connectivity index (χ4v) is 2.06. The highest BCUT2D eigenvalue weighted by Crippen LogP contribution is 2.22. The first kappa shape index (κ1) is 11.8. The number of hydrogen-bond acceptors (Lipinski definition) is 3. The molecule has 2 rings (SSSR count). The Morgan fingerprint density at radius 1 is 1.24 bits per heavy atom. The molecule has 0 saturated heterocycles. The number of rotatable bonds is 3. The lowest BCUT2D eigenvalue weighted by Gasteiger charge is -2.18. The summed E-state index contributed by atoms with van der Waals surface area (Å²) in [6.07, 6.45) is 3.01. The first-order valence-electron chi connectivity index (χ1n) is 6.00. The molecule has 0 unspecified atom stereocenters. The van der Waals surface area contributed by atoms with Gasteiger partial charge in [-0.3, -0.25) is 9.59 Å². The third-order valence-corrected chi connectivity index (χ3v) is 3.06. The van der Waals surface area contributed by atoms with E-state index in [-0.39, 0.29) is 18.4 Å². The number of Topliss-reactive ketones (excluding diaryl/α,β-unsaturated/α-hetero) is 1. The zero-order valence-corrected chi connectivity index (χ0v) is 9.72. The number of carbonyl (C=O) groups is 2. The van der Waals surface area contributed by atoms with Crippen LogP contribution in [0.4, 0.5) is 0 Å². The van der Waals surface area contributed by atoms with Crippen molar-refractivity contribution in [3.8, 4) is 0 Å². The van der Waals surface area contributed by atoms with Crippen molar-refractivity contribution >= 4 is 11.8 Å². The van der Waals surface area contributed by atoms with E-state index >= 15 is 0 Å². The van der Waals surface area contributed by atoms with Gasteiger partial charge in [-0.15, -0.1) is 0 Å². The van der Waals surface area contributed by atoms with Gasteiger partial charge in [-0.25, -0.2) is 0 Å². The lowest BCUT2D eigenvalue weighted by molar-refractivity contribution is -0.154. The summed E-state index contributed by atoms with van der Waals surface area (Å²) in [7, 11) is 0. The molecular weight excluding hydrogens is 216 g/mol. The molecular formula is C14H16O3. The van der Waals surface area contributed by atoms with E-state index in [0.717, 1.165) is 18.4 Å². The molecule has 0 N–H and O–H groups in total. The molecule has 1 atom stereocenters. The second-order valence-electron chi connectivity index (χ2n) is 4.36. The van der Waals surface area contributed by atoms with Gasteiger partial charge in [-0.1, -0.05) is 36.8 Å². The van der Waals surface area contributed by atoms with Gasteiger partial charge in [-0.05, 0) is 18.4 Å². The Morgan fingerprint density at radius 2 is 2.00 bits per heavy atom. The number of esters is 1. The number of benzene rings is 1. The average molecular weight is 232 g/mol. The monoisotopic (exact) mass is 232 g/mol. The van der Waals surface area contributed by atoms with Gasteiger partial charge in [0.1, 0.15) is 18.3 Å². The molecule has 1 aliphatic carbocycles. The summed E-state index contributed by atoms with van der Waals surface area (Å²) in [5, 5.41) is 0. The van der Waals surface area contributed by atoms with E-state index in [1.165, 1.54) is 0 Å². The van der Waals surface area contributed by atoms with Gasteiger partial charge in [0.25, 0.3) is 0 Å². The van der Waals surface area contributed by atoms with Crippen molar-refractivity contribution in [3.63, 3.8) is 0 Å². The largest absolute Gasteiger partial charge is 0.460 e. The van der Waals surface area contributed by atoms with Crippen LogP contribution in [-0.2, 0) is 20.9 Å². The Kier molecular flexibility index (Phi) is 3.91. The highest BCUT2D eigenvalue weighted by atomic mass is 16.5. The van der Waals surface area contributed by atoms with Crippen LogP contribution in [-0.4, -0.2) is 11.8 Å². The Bertz CT molecular complexity index is 397. The summed E-state index contributed by atoms with van der Waals surface area (Å²) in [4.78, 5) is 23.3. The Morgan fingerprint density at radius 3 is 2.71 bits per heavy atom. The van der Waals surface area contributed by atoms with Crippen molar-refractivity contribution in [3.05, 3.63) is 35.9 Å². The molecule has 3 nitrogen and oxygen atoms in total. The SMILES string of the molecule is O=C1CCCC[C@@H]1C(=O)OCc1ccccc1. The molecule has 3 heteroatoms. The Hall–Kier alpha value is -1.64. The summed E-state index contributed by atoms with van der Waals surface area (Å²) in [5.74, 6) is -0.847. The molecule has 90 valence electrons. The third-order valence-electron chi connectivity index (χ3n) is 3.06. The summed E-state index contributed by atoms with van der Waals surface area (Å²) in [5.41, 5.74) is 0.948. The molecule has 17 heavy (non-hydrogen) atoms. The minimum absolute atomic E-state index is 0.0364. The van der Waals surface area contributed by atoms with E-state index in [1.807, 2.05) is 30.3 Å². The summed E-state index contributed by atoms with van der Waals surface area (Å²) < 4.78 is 5.18. The zero-order valence-electron chi connectivity index (χ0n) is 9.72. The van der Waals surface area contributed by atoms with Crippen LogP contribution in [0.15, 0.2) is 30.3 Å². The maximum atomic E-state index is 11.7. The fourth-order valence-electron chi connectivity index (χ4n) is 2.06. The summed E-state index contributed by atoms with van der Waals surface area (Å²) >= 11 is 0. The van der Waals surface area contributed by atoms with E-state index in [0.29, 0.717) is 12.8 Å². The minimum atomic E-state index is -0.521. The van der Waals surface area contributed by atoms with Crippen molar-refractivity contribution in [2.24, 2.45) is 5.92 Å². The number of ketones is 1. The van der Waals surface area contributed by atoms with Crippen molar-refractivity contribution in [1.82, 2.24) is 0 Å². The highest BCUT2D eigenvalue weighted by Gasteiger charge is 2.30. The molecule has 0 bridgehead atoms. The van der Waals surface area contributed by atoms with Crippen LogP contribution >= 0.6 is 0 Å². The zero-order chi connectivity index (χ0) is 12.1. The standard InChI is InChI=1S/C14H16O3/c15-13-9-5-4-8-12(13)14(16)17-10-11-6-2-1-3-7-11/h1-3,6-7,12H,4-5,8-10H2/t12-/m0/s1. The lowest BCUT2D eigenvalue weighted by atomic mass is 9.88. The molecule has 0 spiro atoms. The van der Waals surface area contributed by atoms with Crippen molar-refractivity contribution in [2.75, 3.05) is 0 Å². The average Bonchev–Trinajstić information content (AvgIpc) is 2.38. The van der Waals surface area contributed by atoms with Gasteiger partial charge in [0.15, 0.2) is 0 Å². The number of carbonyl (C=O) groups excluding carboxylic acids is 2. The van der Waals surface area contributed by atoms with E-state index in [4.69, 9.17) is 4.74 Å². The molecule has 1 aromatic rings. The molecule has 1 saturated carbocycles. The van der Waals surface area contributed by atoms with Crippen LogP contribution in [0.1, 0.15) is 31.2 Å². The van der Waals surface area contributed by atoms with Crippen LogP contribution in [0, 0.1) is 5.92 Å². The van der Waals surface area contributed by atoms with Crippen molar-refractivity contribution in [2.45, 2.75) is 32.3 Å². The molecule has 0 heterocycles. The molecule has 1 fully saturated rings. The second kappa shape index (κ2) is 5.62. The van der Waals surface area contributed by atoms with Gasteiger partial charge in [0, 0.05) is 6.42 Å². The molecule has 1 aromatic carbocycles. The van der Waals surface area contributed by atoms with E-state index < -0.39 is 5.92 Å². The Labute approximate surface area is 101 Å². The lowest BCUT2D eigenvalue weighted by Crippen LogP contribution is -2.28. The van der Waals surface area contributed by atoms with Crippen LogP contribution in [0.25, 0.3) is 0 Å². The van der Waals surface area contributed by atoms with E-state index in [1.54, 1.807) is 0 Å². The van der Waals surface area contributed by atoms with Gasteiger partial charge >= 0.3 is 5.97 Å². The van der Waals surface area contributed by atoms with Crippen LogP contribution in [0.2, 0.25) is 0 Å². The first-order valence-corrected chi connectivity index (χ1v) is 6.00. The Balaban J connectivity index is 1.87. The maximum Gasteiger partial charge on any atom is 0.316 e. The van der Waals surface area contributed by atoms with E-state index in [9.17, 15) is 9.59 Å². The van der Waals surface area contributed by atoms with Crippen LogP contribution in [0.3, 0.4) is 0 Å². The number of hydrogen-bond donors (Lipinski definition) is 0. The fraction of sp³-hybridized carbons (Fsp3) is 0.429.